The molecule has 59 heavy (non-hydrogen) atoms. The number of rotatable bonds is 12. The molecule has 2 aromatic carbocycles. The molecule has 0 saturated carbocycles. The molecule has 5 aliphatic rings. The number of fused-ring (bicyclic) bond motifs is 3. The first-order valence-corrected chi connectivity index (χ1v) is 19.9. The van der Waals surface area contributed by atoms with Gasteiger partial charge in [0.2, 0.25) is 17.7 Å². The number of amides is 4. The minimum Gasteiger partial charge on any atom is -0.492 e. The van der Waals surface area contributed by atoms with E-state index in [1.807, 2.05) is 25.1 Å². The summed E-state index contributed by atoms with van der Waals surface area (Å²) in [5, 5.41) is 17.6. The van der Waals surface area contributed by atoms with E-state index in [0.29, 0.717) is 48.8 Å². The molecule has 2 bridgehead atoms. The molecule has 4 amide bonds. The average Bonchev–Trinajstić information content (AvgIpc) is 3.37. The largest absolute Gasteiger partial charge is 0.492 e. The highest BCUT2D eigenvalue weighted by atomic mass is 32.1. The average molecular weight is 838 g/mol. The van der Waals surface area contributed by atoms with Gasteiger partial charge in [-0.1, -0.05) is 13.0 Å². The zero-order chi connectivity index (χ0) is 42.2. The van der Waals surface area contributed by atoms with E-state index in [1.165, 1.54) is 6.07 Å². The summed E-state index contributed by atoms with van der Waals surface area (Å²) in [6, 6.07) is 14.8. The Bertz CT molecular complexity index is 2250. The Hall–Kier alpha value is -5.64. The molecular weight excluding hydrogens is 788 g/mol. The number of nitrogens with one attached hydrogen (secondary N) is 3. The smallest absolute Gasteiger partial charge is 0.419 e. The van der Waals surface area contributed by atoms with Crippen LogP contribution in [0.15, 0.2) is 54.7 Å². The first-order chi connectivity index (χ1) is 28.1. The van der Waals surface area contributed by atoms with Gasteiger partial charge in [-0.05, 0) is 99.8 Å². The van der Waals surface area contributed by atoms with Crippen LogP contribution in [-0.2, 0) is 31.8 Å². The number of carbonyl (C=O) groups is 4. The van der Waals surface area contributed by atoms with Crippen molar-refractivity contribution in [3.05, 3.63) is 71.5 Å². The molecule has 5 fully saturated rings. The quantitative estimate of drug-likeness (QED) is 0.154. The number of imide groups is 1. The molecule has 5 saturated heterocycles. The topological polar surface area (TPSA) is 163 Å². The fourth-order valence-electron chi connectivity index (χ4n) is 8.31. The number of pyridine rings is 1. The lowest BCUT2D eigenvalue weighted by molar-refractivity contribution is -0.138. The number of ether oxygens (including phenoxy) is 1. The monoisotopic (exact) mass is 837 g/mol. The first-order valence-electron chi connectivity index (χ1n) is 19.5. The number of carbonyl (C=O) groups excluding carboxylic acids is 4. The maximum atomic E-state index is 13.8. The summed E-state index contributed by atoms with van der Waals surface area (Å²) in [4.78, 5) is 61.4. The zero-order valence-electron chi connectivity index (χ0n) is 32.8. The Morgan fingerprint density at radius 3 is 2.46 bits per heavy atom. The van der Waals surface area contributed by atoms with Crippen LogP contribution in [0, 0.1) is 11.3 Å². The van der Waals surface area contributed by atoms with Crippen molar-refractivity contribution in [2.75, 3.05) is 53.2 Å². The van der Waals surface area contributed by atoms with Crippen molar-refractivity contribution in [3.8, 4) is 11.8 Å². The number of piperidine rings is 3. The standard InChI is InChI=1S/C41H44F3N9O5S.3H2/c1-4-24-16-27(53-39(59)52(38(57)40(53,2)3)30-18-31(41(42,43)44)33(19-45)46-20-30)10-12-34(24)58-15-14-50-21-29-9-8-28(50)22-51(29)23-36(55)48-26-7-5-6-25(17-26)47-32-11-13-35(54)49-37(32)56;;;/h5-7,10,12,16-18,20,28-29,32,47H,4,8-9,11,13-15,21-23H2,1-3H3,(H,48,55)(H,49,54,56);3*1H/t28?,29-,32?;;;/m1.../s1. The molecule has 3 atom stereocenters. The molecule has 14 nitrogen and oxygen atoms in total. The van der Waals surface area contributed by atoms with Crippen LogP contribution in [0.1, 0.15) is 67.6 Å². The van der Waals surface area contributed by atoms with Crippen molar-refractivity contribution in [2.45, 2.75) is 82.7 Å². The number of nitriles is 1. The Balaban J connectivity index is 0.00000282. The molecule has 5 aliphatic heterocycles. The van der Waals surface area contributed by atoms with Crippen molar-refractivity contribution in [2.24, 2.45) is 0 Å². The molecule has 2 unspecified atom stereocenters. The van der Waals surface area contributed by atoms with Crippen molar-refractivity contribution >= 4 is 63.7 Å². The van der Waals surface area contributed by atoms with Gasteiger partial charge in [-0.25, -0.2) is 4.98 Å². The van der Waals surface area contributed by atoms with Crippen LogP contribution in [0.5, 0.6) is 5.75 Å². The van der Waals surface area contributed by atoms with Crippen molar-refractivity contribution in [1.29, 1.82) is 5.26 Å². The van der Waals surface area contributed by atoms with Crippen LogP contribution in [0.3, 0.4) is 0 Å². The normalized spacial score (nSPS) is 22.0. The second-order valence-corrected chi connectivity index (χ2v) is 16.0. The third kappa shape index (κ3) is 8.59. The summed E-state index contributed by atoms with van der Waals surface area (Å²) in [6.45, 7) is 8.17. The summed E-state index contributed by atoms with van der Waals surface area (Å²) < 4.78 is 47.6. The minimum absolute atomic E-state index is 0. The summed E-state index contributed by atoms with van der Waals surface area (Å²) >= 11 is 5.70. The number of hydrogen-bond donors (Lipinski definition) is 3. The number of aryl methyl sites for hydroxylation is 1. The lowest BCUT2D eigenvalue weighted by Crippen LogP contribution is -2.63. The van der Waals surface area contributed by atoms with Crippen molar-refractivity contribution in [1.82, 2.24) is 20.1 Å². The molecule has 3 N–H and O–H groups in total. The van der Waals surface area contributed by atoms with E-state index < -0.39 is 34.9 Å². The summed E-state index contributed by atoms with van der Waals surface area (Å²) in [5.41, 5.74) is -0.757. The second kappa shape index (κ2) is 16.5. The lowest BCUT2D eigenvalue weighted by Gasteiger charge is -2.51. The zero-order valence-corrected chi connectivity index (χ0v) is 33.6. The van der Waals surface area contributed by atoms with E-state index in [1.54, 1.807) is 43.0 Å². The molecule has 6 heterocycles. The molecule has 0 radical (unpaired) electrons. The number of piperazine rings is 1. The van der Waals surface area contributed by atoms with E-state index in [0.717, 1.165) is 48.7 Å². The number of alkyl halides is 3. The summed E-state index contributed by atoms with van der Waals surface area (Å²) in [7, 11) is 0. The van der Waals surface area contributed by atoms with E-state index in [2.05, 4.69) is 30.7 Å². The maximum absolute atomic E-state index is 13.8. The number of aromatic nitrogens is 1. The first kappa shape index (κ1) is 41.5. The van der Waals surface area contributed by atoms with E-state index in [9.17, 15) is 37.6 Å². The maximum Gasteiger partial charge on any atom is 0.419 e. The van der Waals surface area contributed by atoms with Crippen LogP contribution in [0.2, 0.25) is 0 Å². The van der Waals surface area contributed by atoms with Gasteiger partial charge in [-0.3, -0.25) is 39.2 Å². The lowest BCUT2D eigenvalue weighted by atomic mass is 9.91. The van der Waals surface area contributed by atoms with Gasteiger partial charge in [-0.15, -0.1) is 0 Å². The molecule has 8 rings (SSSR count). The van der Waals surface area contributed by atoms with E-state index >= 15 is 0 Å². The van der Waals surface area contributed by atoms with Gasteiger partial charge in [0.15, 0.2) is 10.8 Å². The molecule has 0 spiro atoms. The van der Waals surface area contributed by atoms with Gasteiger partial charge < -0.3 is 20.3 Å². The molecular formula is C41H50F3N9O5S. The second-order valence-electron chi connectivity index (χ2n) is 15.6. The number of anilines is 4. The summed E-state index contributed by atoms with van der Waals surface area (Å²) in [5.74, 6) is -0.641. The molecule has 1 aromatic heterocycles. The SMILES string of the molecule is CCc1cc(N2C(=S)N(c3cnc(C#N)c(C(F)(F)F)c3)C(=O)C2(C)C)ccc1OCCN1C[C@H]2CCC1CN2CC(=O)Nc1cccc(NC2CCC(=O)NC2=O)c1.[HH].[HH].[HH]. The number of nitrogens with zero attached hydrogens (tertiary/aromatic N) is 6. The van der Waals surface area contributed by atoms with Crippen LogP contribution in [0.4, 0.5) is 35.9 Å². The number of halogens is 3. The Kier molecular flexibility index (Phi) is 11.6. The van der Waals surface area contributed by atoms with Gasteiger partial charge in [0.05, 0.1) is 24.0 Å². The highest BCUT2D eigenvalue weighted by Crippen LogP contribution is 2.40. The molecule has 3 aromatic rings. The van der Waals surface area contributed by atoms with Crippen molar-refractivity contribution < 1.29 is 41.4 Å². The van der Waals surface area contributed by atoms with Crippen LogP contribution in [-0.4, -0.2) is 100.0 Å². The van der Waals surface area contributed by atoms with Gasteiger partial charge in [0, 0.05) is 59.5 Å². The number of hydrogen-bond acceptors (Lipinski definition) is 11. The summed E-state index contributed by atoms with van der Waals surface area (Å²) in [6.07, 6.45) is -0.543. The van der Waals surface area contributed by atoms with E-state index in [-0.39, 0.29) is 57.9 Å². The molecule has 18 heteroatoms. The third-order valence-electron chi connectivity index (χ3n) is 11.4. The predicted octanol–water partition coefficient (Wildman–Crippen LogP) is 5.57. The van der Waals surface area contributed by atoms with Gasteiger partial charge in [0.1, 0.15) is 30.0 Å². The molecule has 0 aliphatic carbocycles. The van der Waals surface area contributed by atoms with Gasteiger partial charge in [-0.2, -0.15) is 18.4 Å². The highest BCUT2D eigenvalue weighted by Gasteiger charge is 2.51. The van der Waals surface area contributed by atoms with Crippen LogP contribution >= 0.6 is 12.2 Å². The minimum atomic E-state index is -4.86. The van der Waals surface area contributed by atoms with Crippen LogP contribution in [0.25, 0.3) is 0 Å². The number of benzene rings is 2. The Morgan fingerprint density at radius 2 is 1.78 bits per heavy atom. The van der Waals surface area contributed by atoms with Gasteiger partial charge >= 0.3 is 6.18 Å². The number of thiocarbonyl (C=S) groups is 1. The molecule has 316 valence electrons. The highest BCUT2D eigenvalue weighted by molar-refractivity contribution is 7.81. The van der Waals surface area contributed by atoms with Gasteiger partial charge in [0.25, 0.3) is 5.91 Å². The van der Waals surface area contributed by atoms with Crippen molar-refractivity contribution in [3.63, 3.8) is 0 Å². The fourth-order valence-corrected chi connectivity index (χ4v) is 8.83. The predicted molar refractivity (Wildman–Crippen MR) is 223 cm³/mol. The third-order valence-corrected chi connectivity index (χ3v) is 11.7. The van der Waals surface area contributed by atoms with Crippen LogP contribution < -0.4 is 30.5 Å². The Morgan fingerprint density at radius 1 is 1.05 bits per heavy atom. The van der Waals surface area contributed by atoms with E-state index in [4.69, 9.17) is 17.0 Å². The fraction of sp³-hybridized carbons (Fsp3) is 0.439. The Labute approximate surface area is 349 Å².